The molecule has 0 unspecified atom stereocenters. The van der Waals surface area contributed by atoms with Crippen LogP contribution < -0.4 is 63.4 Å². The maximum Gasteiger partial charge on any atom is 0.175 e. The molecule has 18 rings (SSSR count). The fraction of sp³-hybridized carbons (Fsp3) is 0.415. The van der Waals surface area contributed by atoms with Crippen LogP contribution >= 0.6 is 0 Å². The second-order valence-electron chi connectivity index (χ2n) is 28.3. The van der Waals surface area contributed by atoms with Crippen LogP contribution in [-0.4, -0.2) is 215 Å². The van der Waals surface area contributed by atoms with Crippen molar-refractivity contribution < 1.29 is 9.47 Å². The van der Waals surface area contributed by atoms with E-state index in [1.165, 1.54) is 11.4 Å². The van der Waals surface area contributed by atoms with E-state index in [9.17, 15) is 0 Å². The molecule has 4 aromatic heterocycles. The maximum absolute atomic E-state index is 5.91. The summed E-state index contributed by atoms with van der Waals surface area (Å²) in [6, 6.07) is 45.7. The van der Waals surface area contributed by atoms with E-state index in [0.29, 0.717) is 31.3 Å². The number of para-hydroxylation sites is 6. The van der Waals surface area contributed by atoms with Crippen molar-refractivity contribution in [1.82, 2.24) is 64.4 Å². The third kappa shape index (κ3) is 15.4. The summed E-state index contributed by atoms with van der Waals surface area (Å²) in [4.78, 5) is 63.3. The third-order valence-electron chi connectivity index (χ3n) is 22.2. The normalized spacial score (nSPS) is 22.9. The van der Waals surface area contributed by atoms with Gasteiger partial charge in [-0.3, -0.25) is 10.0 Å². The number of hydrazone groups is 2. The van der Waals surface area contributed by atoms with Gasteiger partial charge in [0.05, 0.1) is 55.6 Å². The molecule has 10 aliphatic heterocycles. The summed E-state index contributed by atoms with van der Waals surface area (Å²) in [5, 5.41) is 12.7. The van der Waals surface area contributed by atoms with Gasteiger partial charge in [0.2, 0.25) is 0 Å². The van der Waals surface area contributed by atoms with Crippen LogP contribution in [0, 0.1) is 0 Å². The molecule has 0 spiro atoms. The highest BCUT2D eigenvalue weighted by molar-refractivity contribution is 5.82. The molecule has 0 aliphatic carbocycles. The number of pyridine rings is 2. The topological polar surface area (TPSA) is 179 Å². The quantitative estimate of drug-likeness (QED) is 0.113. The molecular weight excluding hydrogens is 1380 g/mol. The first-order valence-electron chi connectivity index (χ1n) is 36.9. The first-order valence-corrected chi connectivity index (χ1v) is 36.9. The lowest BCUT2D eigenvalue weighted by molar-refractivity contribution is 0.0443. The average molecular weight is 1500 g/mol. The molecule has 0 fully saturated rings. The number of hydrogen-bond acceptors (Lipinski definition) is 28. The Morgan fingerprint density at radius 2 is 0.691 bits per heavy atom. The standard InChI is InChI=1S/C22H24N6.C17H18N2O2.C16H22N4.C15H20N8.C9H18N6.3CH4/c1-16-25(3)21-19(11-7-13-23-21)26(16)15-27-17(2)28(18-9-5-4-6-10-18)22-20(27)12-8-14-24-22;1-12-18(14-7-3-5-9-16(14)20-12)11-19-13(2)21-17-10-6-4-8-15(17)19;1-14-17(3)9-10-18(14)13-19-11-12-20(15(19)2)16-7-5-4-6-8-16;1-10-20(3)12-14(18-7-5-16-12)22(10)9-23-11(2)21(4)13-15(23)19-8-6-17-13;1-8-12(3)5-10-14(8)7-15-9(2)13(4)6-11-15;;;/h4-14,16-17H,15H2,1-3H3;3-10,12-13H,11H2,1-2H3;4-12,14-15H,13H2,1-3H3;5-8,10-11H,9H2,1-4H3;5-6,8-9H,7H2,1-4H3;3*1H4/t16-,17-;12-,13+;14-,15-;10-,11+;8-,9+;;;/m0.0...../s1. The summed E-state index contributed by atoms with van der Waals surface area (Å²) in [7, 11) is 12.4. The maximum atomic E-state index is 5.91. The number of anilines is 12. The van der Waals surface area contributed by atoms with E-state index in [0.717, 1.165) is 95.8 Å². The number of aromatic nitrogens is 6. The summed E-state index contributed by atoms with van der Waals surface area (Å²) >= 11 is 0. The van der Waals surface area contributed by atoms with E-state index >= 15 is 0 Å². The van der Waals surface area contributed by atoms with E-state index in [1.54, 1.807) is 24.8 Å². The Balaban J connectivity index is 0.000000137. The molecule has 0 amide bonds. The molecule has 0 N–H and O–H groups in total. The highest BCUT2D eigenvalue weighted by Crippen LogP contribution is 2.46. The minimum atomic E-state index is 0. The Morgan fingerprint density at radius 3 is 1.18 bits per heavy atom. The lowest BCUT2D eigenvalue weighted by Crippen LogP contribution is -2.49. The van der Waals surface area contributed by atoms with Crippen molar-refractivity contribution in [1.29, 1.82) is 0 Å². The Hall–Kier alpha value is -11.8. The molecule has 28 heteroatoms. The fourth-order valence-electron chi connectivity index (χ4n) is 14.7. The Kier molecular flexibility index (Phi) is 24.3. The molecule has 0 radical (unpaired) electrons. The molecular formula is C82H114N26O2. The lowest BCUT2D eigenvalue weighted by Gasteiger charge is -2.36. The summed E-state index contributed by atoms with van der Waals surface area (Å²) in [5.41, 5.74) is 7.01. The van der Waals surface area contributed by atoms with E-state index in [1.807, 2.05) is 118 Å². The fourth-order valence-corrected chi connectivity index (χ4v) is 14.7. The first kappa shape index (κ1) is 79.2. The van der Waals surface area contributed by atoms with E-state index < -0.39 is 0 Å². The van der Waals surface area contributed by atoms with Crippen molar-refractivity contribution in [2.75, 3.05) is 130 Å². The van der Waals surface area contributed by atoms with E-state index in [2.05, 4.69) is 301 Å². The van der Waals surface area contributed by atoms with Crippen LogP contribution in [0.1, 0.15) is 91.5 Å². The molecule has 10 aliphatic rings. The van der Waals surface area contributed by atoms with Gasteiger partial charge in [-0.15, -0.1) is 0 Å². The predicted molar refractivity (Wildman–Crippen MR) is 449 cm³/mol. The van der Waals surface area contributed by atoms with Crippen LogP contribution in [-0.2, 0) is 0 Å². The number of fused-ring (bicyclic) bond motifs is 6. The molecule has 584 valence electrons. The van der Waals surface area contributed by atoms with Gasteiger partial charge in [0.1, 0.15) is 74.0 Å². The second kappa shape index (κ2) is 33.7. The zero-order valence-corrected chi connectivity index (χ0v) is 64.4. The molecule has 8 aromatic rings. The number of rotatable bonds is 12. The van der Waals surface area contributed by atoms with Gasteiger partial charge in [-0.05, 0) is 142 Å². The highest BCUT2D eigenvalue weighted by Gasteiger charge is 2.42. The molecule has 0 saturated carbocycles. The van der Waals surface area contributed by atoms with Crippen molar-refractivity contribution >= 4 is 81.7 Å². The average Bonchev–Trinajstić information content (AvgIpc) is 1.61. The molecule has 4 aromatic carbocycles. The van der Waals surface area contributed by atoms with E-state index in [4.69, 9.17) is 14.5 Å². The molecule has 28 nitrogen and oxygen atoms in total. The lowest BCUT2D eigenvalue weighted by atomic mass is 10.2. The number of ether oxygens (including phenoxy) is 2. The van der Waals surface area contributed by atoms with Gasteiger partial charge in [0.15, 0.2) is 47.4 Å². The summed E-state index contributed by atoms with van der Waals surface area (Å²) in [6.07, 6.45) is 25.2. The van der Waals surface area contributed by atoms with Gasteiger partial charge in [-0.25, -0.2) is 29.9 Å². The zero-order valence-electron chi connectivity index (χ0n) is 64.4. The van der Waals surface area contributed by atoms with Gasteiger partial charge < -0.3 is 87.9 Å². The molecule has 14 heterocycles. The molecule has 10 atom stereocenters. The largest absolute Gasteiger partial charge is 0.469 e. The smallest absolute Gasteiger partial charge is 0.175 e. The Morgan fingerprint density at radius 1 is 0.300 bits per heavy atom. The molecule has 110 heavy (non-hydrogen) atoms. The van der Waals surface area contributed by atoms with Crippen LogP contribution in [0.5, 0.6) is 11.5 Å². The van der Waals surface area contributed by atoms with Crippen molar-refractivity contribution in [3.8, 4) is 11.5 Å². The SMILES string of the molecule is C.C.C.C[C@@H]1N(C)C=NN1CN1N=CN(C)[C@@H]1C.C[C@@H]1N(C)c2nccnc2N1CN1c2nccnc2N(C)[C@@H]1C.C[C@@H]1Oc2ccccc2N1CN1c2ccccc2O[C@@H]1C.C[C@H]1N(C)C=CN1CN1C=CN(c2ccccc2)[C@H]1C.C[C@H]1N(C)c2ncccc2N1CN1c2cccnc2N(c2ccccc2)[C@H]1C. The van der Waals surface area contributed by atoms with Gasteiger partial charge >= 0.3 is 0 Å². The number of hydrogen-bond donors (Lipinski definition) is 0. The third-order valence-corrected chi connectivity index (χ3v) is 22.2. The van der Waals surface area contributed by atoms with Crippen molar-refractivity contribution in [2.45, 2.75) is 153 Å². The summed E-state index contributed by atoms with van der Waals surface area (Å²) in [6.45, 7) is 25.5. The zero-order chi connectivity index (χ0) is 74.9. The minimum Gasteiger partial charge on any atom is -0.469 e. The van der Waals surface area contributed by atoms with Gasteiger partial charge in [-0.2, -0.15) is 10.2 Å². The van der Waals surface area contributed by atoms with Crippen LogP contribution in [0.15, 0.2) is 206 Å². The Bertz CT molecular complexity index is 4320. The van der Waals surface area contributed by atoms with Gasteiger partial charge in [0, 0.05) is 116 Å². The second-order valence-corrected chi connectivity index (χ2v) is 28.3. The van der Waals surface area contributed by atoms with Crippen LogP contribution in [0.3, 0.4) is 0 Å². The van der Waals surface area contributed by atoms with Crippen LogP contribution in [0.2, 0.25) is 0 Å². The molecule has 0 bridgehead atoms. The monoisotopic (exact) mass is 1490 g/mol. The predicted octanol–water partition coefficient (Wildman–Crippen LogP) is 13.2. The van der Waals surface area contributed by atoms with Crippen LogP contribution in [0.4, 0.5) is 69.0 Å². The van der Waals surface area contributed by atoms with Gasteiger partial charge in [0.25, 0.3) is 0 Å². The highest BCUT2D eigenvalue weighted by atomic mass is 16.5. The minimum absolute atomic E-state index is 0. The van der Waals surface area contributed by atoms with Crippen molar-refractivity contribution in [3.05, 3.63) is 195 Å². The number of nitrogens with zero attached hydrogens (tertiary/aromatic N) is 26. The van der Waals surface area contributed by atoms with E-state index in [-0.39, 0.29) is 59.4 Å². The molecule has 0 saturated heterocycles. The first-order chi connectivity index (χ1) is 51.8. The summed E-state index contributed by atoms with van der Waals surface area (Å²) in [5.74, 6) is 7.60. The van der Waals surface area contributed by atoms with Crippen LogP contribution in [0.25, 0.3) is 0 Å². The van der Waals surface area contributed by atoms with Gasteiger partial charge in [-0.1, -0.05) is 82.9 Å². The number of benzene rings is 4. The summed E-state index contributed by atoms with van der Waals surface area (Å²) < 4.78 is 11.8. The van der Waals surface area contributed by atoms with Crippen molar-refractivity contribution in [3.63, 3.8) is 0 Å². The Labute approximate surface area is 652 Å². The van der Waals surface area contributed by atoms with Crippen molar-refractivity contribution in [2.24, 2.45) is 10.2 Å².